The number of halogens is 1. The third-order valence-corrected chi connectivity index (χ3v) is 2.47. The lowest BCUT2D eigenvalue weighted by molar-refractivity contribution is 0.0148. The molecule has 98 valence electrons. The first-order valence-electron chi connectivity index (χ1n) is 5.30. The van der Waals surface area contributed by atoms with Gasteiger partial charge in [0.15, 0.2) is 11.6 Å². The van der Waals surface area contributed by atoms with E-state index in [-0.39, 0.29) is 24.3 Å². The molecule has 0 radical (unpaired) electrons. The van der Waals surface area contributed by atoms with E-state index in [4.69, 9.17) is 10.3 Å². The molecule has 0 fully saturated rings. The lowest BCUT2D eigenvalue weighted by Crippen LogP contribution is -2.19. The van der Waals surface area contributed by atoms with Gasteiger partial charge in [-0.2, -0.15) is 0 Å². The molecular formula is C11H14FN3O3. The number of hydrogen-bond donors (Lipinski definition) is 2. The summed E-state index contributed by atoms with van der Waals surface area (Å²) in [6.45, 7) is 0.0629. The summed E-state index contributed by atoms with van der Waals surface area (Å²) >= 11 is 0. The molecule has 0 bridgehead atoms. The van der Waals surface area contributed by atoms with Crippen LogP contribution in [0.25, 0.3) is 10.4 Å². The second kappa shape index (κ2) is 6.80. The van der Waals surface area contributed by atoms with Gasteiger partial charge >= 0.3 is 0 Å². The molecular weight excluding hydrogens is 241 g/mol. The fourth-order valence-corrected chi connectivity index (χ4v) is 1.48. The van der Waals surface area contributed by atoms with Gasteiger partial charge in [0.1, 0.15) is 6.10 Å². The van der Waals surface area contributed by atoms with Gasteiger partial charge in [-0.3, -0.25) is 0 Å². The average molecular weight is 255 g/mol. The molecule has 0 amide bonds. The predicted octanol–water partition coefficient (Wildman–Crippen LogP) is 1.93. The van der Waals surface area contributed by atoms with Crippen LogP contribution in [0.5, 0.6) is 5.75 Å². The molecule has 2 N–H and O–H groups in total. The number of hydrogen-bond acceptors (Lipinski definition) is 4. The van der Waals surface area contributed by atoms with Gasteiger partial charge in [-0.05, 0) is 29.6 Å². The van der Waals surface area contributed by atoms with E-state index in [0.29, 0.717) is 0 Å². The van der Waals surface area contributed by atoms with Crippen molar-refractivity contribution in [3.8, 4) is 5.75 Å². The second-order valence-electron chi connectivity index (χ2n) is 3.65. The van der Waals surface area contributed by atoms with E-state index < -0.39 is 18.0 Å². The number of aliphatic hydroxyl groups is 2. The number of azide groups is 1. The van der Waals surface area contributed by atoms with Crippen molar-refractivity contribution in [1.82, 2.24) is 0 Å². The van der Waals surface area contributed by atoms with Crippen LogP contribution in [0, 0.1) is 5.82 Å². The third-order valence-electron chi connectivity index (χ3n) is 2.47. The molecule has 0 aromatic heterocycles. The smallest absolute Gasteiger partial charge is 0.165 e. The van der Waals surface area contributed by atoms with Gasteiger partial charge in [0, 0.05) is 11.5 Å². The number of rotatable bonds is 6. The summed E-state index contributed by atoms with van der Waals surface area (Å²) in [5, 5.41) is 22.7. The Morgan fingerprint density at radius 2 is 2.22 bits per heavy atom. The van der Waals surface area contributed by atoms with Crippen LogP contribution in [-0.4, -0.2) is 30.0 Å². The topological polar surface area (TPSA) is 98.5 Å². The van der Waals surface area contributed by atoms with E-state index in [9.17, 15) is 14.6 Å². The summed E-state index contributed by atoms with van der Waals surface area (Å²) in [5.41, 5.74) is 8.32. The summed E-state index contributed by atoms with van der Waals surface area (Å²) in [7, 11) is 1.34. The van der Waals surface area contributed by atoms with E-state index in [2.05, 4.69) is 10.0 Å². The number of methoxy groups -OCH3 is 1. The summed E-state index contributed by atoms with van der Waals surface area (Å²) in [4.78, 5) is 2.53. The fraction of sp³-hybridized carbons (Fsp3) is 0.455. The Balaban J connectivity index is 2.73. The van der Waals surface area contributed by atoms with Gasteiger partial charge in [0.2, 0.25) is 0 Å². The molecule has 0 aliphatic rings. The molecule has 0 saturated carbocycles. The number of aliphatic hydroxyl groups excluding tert-OH is 2. The Kier molecular flexibility index (Phi) is 5.38. The molecule has 7 heteroatoms. The van der Waals surface area contributed by atoms with Gasteiger partial charge < -0.3 is 14.9 Å². The van der Waals surface area contributed by atoms with Crippen molar-refractivity contribution in [3.05, 3.63) is 40.0 Å². The van der Waals surface area contributed by atoms with Crippen LogP contribution in [-0.2, 0) is 0 Å². The van der Waals surface area contributed by atoms with Crippen LogP contribution in [0.3, 0.4) is 0 Å². The number of ether oxygens (including phenoxy) is 1. The van der Waals surface area contributed by atoms with Crippen LogP contribution >= 0.6 is 0 Å². The zero-order chi connectivity index (χ0) is 13.5. The lowest BCUT2D eigenvalue weighted by atomic mass is 10.0. The standard InChI is InChI=1S/C11H14FN3O3/c1-18-10-3-2-7(6-8(10)12)11(17)9(16)4-5-14-15-13/h2-3,6,9,11,16-17H,4-5H2,1H3. The maximum Gasteiger partial charge on any atom is 0.165 e. The SMILES string of the molecule is COc1ccc(C(O)C(O)CCN=[N+]=[N-])cc1F. The molecule has 0 spiro atoms. The molecule has 1 rings (SSSR count). The highest BCUT2D eigenvalue weighted by Crippen LogP contribution is 2.24. The second-order valence-corrected chi connectivity index (χ2v) is 3.65. The highest BCUT2D eigenvalue weighted by atomic mass is 19.1. The van der Waals surface area contributed by atoms with Crippen LogP contribution in [0.4, 0.5) is 4.39 Å². The fourth-order valence-electron chi connectivity index (χ4n) is 1.48. The largest absolute Gasteiger partial charge is 0.494 e. The maximum absolute atomic E-state index is 13.4. The Bertz CT molecular complexity index is 449. The monoisotopic (exact) mass is 255 g/mol. The quantitative estimate of drug-likeness (QED) is 0.461. The van der Waals surface area contributed by atoms with Crippen molar-refractivity contribution in [3.63, 3.8) is 0 Å². The minimum Gasteiger partial charge on any atom is -0.494 e. The summed E-state index contributed by atoms with van der Waals surface area (Å²) < 4.78 is 18.1. The number of nitrogens with zero attached hydrogens (tertiary/aromatic N) is 3. The first-order chi connectivity index (χ1) is 8.60. The molecule has 2 unspecified atom stereocenters. The minimum atomic E-state index is -1.24. The van der Waals surface area contributed by atoms with Gasteiger partial charge in [0.25, 0.3) is 0 Å². The first kappa shape index (κ1) is 14.2. The normalized spacial score (nSPS) is 13.6. The van der Waals surface area contributed by atoms with Gasteiger partial charge in [-0.25, -0.2) is 4.39 Å². The molecule has 6 nitrogen and oxygen atoms in total. The van der Waals surface area contributed by atoms with Crippen molar-refractivity contribution in [2.75, 3.05) is 13.7 Å². The van der Waals surface area contributed by atoms with Crippen molar-refractivity contribution < 1.29 is 19.3 Å². The van der Waals surface area contributed by atoms with E-state index in [1.54, 1.807) is 0 Å². The molecule has 1 aromatic carbocycles. The number of benzene rings is 1. The maximum atomic E-state index is 13.4. The first-order valence-corrected chi connectivity index (χ1v) is 5.30. The van der Waals surface area contributed by atoms with Crippen LogP contribution in [0.1, 0.15) is 18.1 Å². The Morgan fingerprint density at radius 3 is 2.78 bits per heavy atom. The molecule has 0 aliphatic carbocycles. The minimum absolute atomic E-state index is 0.0629. The highest BCUT2D eigenvalue weighted by Gasteiger charge is 2.19. The van der Waals surface area contributed by atoms with Crippen molar-refractivity contribution in [2.45, 2.75) is 18.6 Å². The molecule has 0 heterocycles. The zero-order valence-electron chi connectivity index (χ0n) is 9.82. The van der Waals surface area contributed by atoms with Crippen LogP contribution < -0.4 is 4.74 Å². The molecule has 0 saturated heterocycles. The van der Waals surface area contributed by atoms with E-state index >= 15 is 0 Å². The van der Waals surface area contributed by atoms with Crippen LogP contribution in [0.15, 0.2) is 23.3 Å². The van der Waals surface area contributed by atoms with Crippen molar-refractivity contribution in [1.29, 1.82) is 0 Å². The van der Waals surface area contributed by atoms with Gasteiger partial charge in [0.05, 0.1) is 13.2 Å². The van der Waals surface area contributed by atoms with E-state index in [1.807, 2.05) is 0 Å². The average Bonchev–Trinajstić information content (AvgIpc) is 2.38. The molecule has 18 heavy (non-hydrogen) atoms. The molecule has 0 aliphatic heterocycles. The Labute approximate surface area is 103 Å². The van der Waals surface area contributed by atoms with Gasteiger partial charge in [-0.15, -0.1) is 0 Å². The Morgan fingerprint density at radius 1 is 1.50 bits per heavy atom. The summed E-state index contributed by atoms with van der Waals surface area (Å²) in [6.07, 6.45) is -2.26. The third kappa shape index (κ3) is 3.59. The van der Waals surface area contributed by atoms with Crippen molar-refractivity contribution >= 4 is 0 Å². The van der Waals surface area contributed by atoms with E-state index in [1.165, 1.54) is 19.2 Å². The summed E-state index contributed by atoms with van der Waals surface area (Å²) in [6, 6.07) is 3.93. The van der Waals surface area contributed by atoms with Crippen molar-refractivity contribution in [2.24, 2.45) is 5.11 Å². The van der Waals surface area contributed by atoms with E-state index in [0.717, 1.165) is 6.07 Å². The molecule has 2 atom stereocenters. The lowest BCUT2D eigenvalue weighted by Gasteiger charge is -2.17. The predicted molar refractivity (Wildman–Crippen MR) is 62.5 cm³/mol. The summed E-state index contributed by atoms with van der Waals surface area (Å²) in [5.74, 6) is -0.550. The molecule has 1 aromatic rings. The van der Waals surface area contributed by atoms with Crippen LogP contribution in [0.2, 0.25) is 0 Å². The van der Waals surface area contributed by atoms with Gasteiger partial charge in [-0.1, -0.05) is 11.2 Å². The Hall–Kier alpha value is -1.82. The highest BCUT2D eigenvalue weighted by molar-refractivity contribution is 5.30. The zero-order valence-corrected chi connectivity index (χ0v) is 9.82.